The number of nitrogens with one attached hydrogen (secondary N) is 1. The van der Waals surface area contributed by atoms with Crippen molar-refractivity contribution in [3.63, 3.8) is 0 Å². The van der Waals surface area contributed by atoms with Gasteiger partial charge in [-0.05, 0) is 51.0 Å². The number of ether oxygens (including phenoxy) is 2. The Morgan fingerprint density at radius 2 is 1.89 bits per heavy atom. The van der Waals surface area contributed by atoms with Crippen molar-refractivity contribution >= 4 is 16.0 Å². The lowest BCUT2D eigenvalue weighted by Crippen LogP contribution is -2.35. The van der Waals surface area contributed by atoms with Gasteiger partial charge >= 0.3 is 6.18 Å². The number of sulfonamides is 1. The number of nitrogens with zero attached hydrogens (tertiary/aromatic N) is 5. The first kappa shape index (κ1) is 27.9. The normalized spacial score (nSPS) is 17.4. The fourth-order valence-corrected chi connectivity index (χ4v) is 5.00. The van der Waals surface area contributed by atoms with Gasteiger partial charge < -0.3 is 14.6 Å². The van der Waals surface area contributed by atoms with Crippen molar-refractivity contribution in [2.75, 3.05) is 11.3 Å². The van der Waals surface area contributed by atoms with Crippen LogP contribution in [0, 0.1) is 6.92 Å². The van der Waals surface area contributed by atoms with Crippen LogP contribution < -0.4 is 4.72 Å². The highest BCUT2D eigenvalue weighted by molar-refractivity contribution is 7.93. The number of aliphatic hydroxyl groups is 1. The maximum atomic E-state index is 13.5. The molecule has 2 N–H and O–H groups in total. The third-order valence-electron chi connectivity index (χ3n) is 5.87. The van der Waals surface area contributed by atoms with E-state index in [1.807, 2.05) is 0 Å². The average Bonchev–Trinajstić information content (AvgIpc) is 3.17. The Balaban J connectivity index is 1.73. The van der Waals surface area contributed by atoms with E-state index in [0.29, 0.717) is 5.56 Å². The Morgan fingerprint density at radius 3 is 2.50 bits per heavy atom. The molecule has 0 bridgehead atoms. The molecular weight excluding hydrogens is 529 g/mol. The van der Waals surface area contributed by atoms with Gasteiger partial charge in [0.1, 0.15) is 11.4 Å². The molecule has 2 aromatic heterocycles. The molecule has 1 aliphatic rings. The molecule has 0 spiro atoms. The van der Waals surface area contributed by atoms with Gasteiger partial charge in [0.15, 0.2) is 17.9 Å². The molecule has 11 nitrogen and oxygen atoms in total. The molecule has 206 valence electrons. The van der Waals surface area contributed by atoms with Crippen LogP contribution >= 0.6 is 0 Å². The van der Waals surface area contributed by atoms with Gasteiger partial charge in [0.05, 0.1) is 24.9 Å². The molecule has 1 aliphatic heterocycles. The summed E-state index contributed by atoms with van der Waals surface area (Å²) in [6.45, 7) is 5.91. The van der Waals surface area contributed by atoms with Gasteiger partial charge in [-0.2, -0.15) is 13.2 Å². The van der Waals surface area contributed by atoms with Gasteiger partial charge in [-0.1, -0.05) is 6.07 Å². The third-order valence-corrected chi connectivity index (χ3v) is 7.57. The Hall–Kier alpha value is -3.14. The minimum atomic E-state index is -4.62. The first-order valence-electron chi connectivity index (χ1n) is 11.6. The van der Waals surface area contributed by atoms with Crippen molar-refractivity contribution in [1.82, 2.24) is 24.7 Å². The Kier molecular flexibility index (Phi) is 7.74. The summed E-state index contributed by atoms with van der Waals surface area (Å²) in [7, 11) is -4.27. The van der Waals surface area contributed by atoms with E-state index >= 15 is 0 Å². The number of hydrogen-bond donors (Lipinski definition) is 2. The van der Waals surface area contributed by atoms with E-state index < -0.39 is 46.0 Å². The van der Waals surface area contributed by atoms with Crippen LogP contribution in [0.3, 0.4) is 0 Å². The second-order valence-electron chi connectivity index (χ2n) is 9.11. The van der Waals surface area contributed by atoms with E-state index in [1.54, 1.807) is 33.2 Å². The molecule has 0 fully saturated rings. The van der Waals surface area contributed by atoms with Gasteiger partial charge in [-0.25, -0.2) is 18.4 Å². The number of benzene rings is 1. The van der Waals surface area contributed by atoms with Crippen LogP contribution in [-0.2, 0) is 32.3 Å². The first-order chi connectivity index (χ1) is 17.8. The topological polar surface area (TPSA) is 141 Å². The molecule has 3 heterocycles. The molecule has 38 heavy (non-hydrogen) atoms. The van der Waals surface area contributed by atoms with Crippen LogP contribution in [0.1, 0.15) is 55.6 Å². The summed E-state index contributed by atoms with van der Waals surface area (Å²) in [5, 5.41) is 16.5. The molecule has 3 atom stereocenters. The Bertz CT molecular complexity index is 1400. The SMILES string of the molecule is Cc1cnc([C@H](OC(C)C)[C@H](C)S(=O)(=O)Nc2nnc3n2[C@@H](CO)OCc2ccc(C(F)(F)F)cc2-3)nc1. The first-order valence-corrected chi connectivity index (χ1v) is 13.2. The van der Waals surface area contributed by atoms with Crippen LogP contribution in [0.2, 0.25) is 0 Å². The largest absolute Gasteiger partial charge is 0.416 e. The predicted octanol–water partition coefficient (Wildman–Crippen LogP) is 3.38. The standard InChI is InChI=1S/C23H27F3N6O5S/c1-12(2)37-19(20-27-8-13(3)9-28-20)14(4)38(34,35)31-22-30-29-21-17-7-16(23(24,25)26)6-5-15(17)11-36-18(10-33)32(21)22/h5-9,12,14,18-19,33H,10-11H2,1-4H3,(H,30,31)/t14-,18+,19+/m0/s1. The van der Waals surface area contributed by atoms with Gasteiger partial charge in [0, 0.05) is 18.0 Å². The van der Waals surface area contributed by atoms with Crippen molar-refractivity contribution in [3.05, 3.63) is 53.1 Å². The van der Waals surface area contributed by atoms with Crippen molar-refractivity contribution < 1.29 is 36.2 Å². The van der Waals surface area contributed by atoms with Crippen molar-refractivity contribution in [3.8, 4) is 11.4 Å². The molecule has 3 aromatic rings. The predicted molar refractivity (Wildman–Crippen MR) is 129 cm³/mol. The quantitative estimate of drug-likeness (QED) is 0.427. The second-order valence-corrected chi connectivity index (χ2v) is 11.1. The van der Waals surface area contributed by atoms with Crippen molar-refractivity contribution in [2.45, 2.75) is 64.2 Å². The number of halogens is 3. The monoisotopic (exact) mass is 556 g/mol. The summed E-state index contributed by atoms with van der Waals surface area (Å²) in [5.41, 5.74) is 0.278. The summed E-state index contributed by atoms with van der Waals surface area (Å²) in [4.78, 5) is 8.44. The number of aryl methyl sites for hydroxylation is 1. The highest BCUT2D eigenvalue weighted by atomic mass is 32.2. The summed E-state index contributed by atoms with van der Waals surface area (Å²) < 4.78 is 82.1. The number of anilines is 1. The summed E-state index contributed by atoms with van der Waals surface area (Å²) in [6.07, 6.45) is -4.12. The second kappa shape index (κ2) is 10.6. The van der Waals surface area contributed by atoms with E-state index in [9.17, 15) is 26.7 Å². The number of rotatable bonds is 8. The van der Waals surface area contributed by atoms with Crippen LogP contribution in [0.15, 0.2) is 30.6 Å². The number of hydrogen-bond acceptors (Lipinski definition) is 9. The van der Waals surface area contributed by atoms with Gasteiger partial charge in [-0.15, -0.1) is 10.2 Å². The molecule has 4 rings (SSSR count). The Morgan fingerprint density at radius 1 is 1.21 bits per heavy atom. The van der Waals surface area contributed by atoms with E-state index in [4.69, 9.17) is 9.47 Å². The molecule has 0 saturated carbocycles. The van der Waals surface area contributed by atoms with E-state index in [0.717, 1.165) is 22.3 Å². The lowest BCUT2D eigenvalue weighted by molar-refractivity contribution is -0.137. The summed E-state index contributed by atoms with van der Waals surface area (Å²) >= 11 is 0. The molecule has 0 aliphatic carbocycles. The van der Waals surface area contributed by atoms with E-state index in [-0.39, 0.29) is 35.9 Å². The minimum absolute atomic E-state index is 0.0517. The maximum Gasteiger partial charge on any atom is 0.416 e. The number of aromatic nitrogens is 5. The highest BCUT2D eigenvalue weighted by Crippen LogP contribution is 2.38. The zero-order chi connectivity index (χ0) is 27.8. The Labute approximate surface area is 217 Å². The van der Waals surface area contributed by atoms with Crippen LogP contribution in [0.25, 0.3) is 11.4 Å². The zero-order valence-corrected chi connectivity index (χ0v) is 21.8. The lowest BCUT2D eigenvalue weighted by Gasteiger charge is -2.26. The van der Waals surface area contributed by atoms with Crippen LogP contribution in [0.4, 0.5) is 19.1 Å². The highest BCUT2D eigenvalue weighted by Gasteiger charge is 2.37. The minimum Gasteiger partial charge on any atom is -0.392 e. The van der Waals surface area contributed by atoms with E-state index in [2.05, 4.69) is 24.9 Å². The summed E-state index contributed by atoms with van der Waals surface area (Å²) in [5.74, 6) is -0.276. The van der Waals surface area contributed by atoms with Crippen LogP contribution in [0.5, 0.6) is 0 Å². The van der Waals surface area contributed by atoms with Gasteiger partial charge in [0.25, 0.3) is 0 Å². The number of fused-ring (bicyclic) bond motifs is 3. The smallest absolute Gasteiger partial charge is 0.392 e. The zero-order valence-electron chi connectivity index (χ0n) is 21.0. The molecule has 0 amide bonds. The number of aliphatic hydroxyl groups excluding tert-OH is 1. The molecular formula is C23H27F3N6O5S. The van der Waals surface area contributed by atoms with Crippen molar-refractivity contribution in [2.24, 2.45) is 0 Å². The van der Waals surface area contributed by atoms with Gasteiger partial charge in [-0.3, -0.25) is 9.29 Å². The molecule has 15 heteroatoms. The summed E-state index contributed by atoms with van der Waals surface area (Å²) in [6, 6.07) is 3.05. The van der Waals surface area contributed by atoms with Crippen LogP contribution in [-0.4, -0.2) is 56.2 Å². The average molecular weight is 557 g/mol. The molecule has 0 saturated heterocycles. The fraction of sp³-hybridized carbons (Fsp3) is 0.478. The maximum absolute atomic E-state index is 13.5. The molecule has 0 unspecified atom stereocenters. The van der Waals surface area contributed by atoms with Crippen molar-refractivity contribution in [1.29, 1.82) is 0 Å². The number of alkyl halides is 3. The molecule has 0 radical (unpaired) electrons. The lowest BCUT2D eigenvalue weighted by atomic mass is 10.0. The van der Waals surface area contributed by atoms with E-state index in [1.165, 1.54) is 13.0 Å². The third kappa shape index (κ3) is 5.65. The van der Waals surface area contributed by atoms with Gasteiger partial charge in [0.2, 0.25) is 16.0 Å². The fourth-order valence-electron chi connectivity index (χ4n) is 3.91. The molecule has 1 aromatic carbocycles.